The van der Waals surface area contributed by atoms with Gasteiger partial charge in [-0.3, -0.25) is 4.79 Å². The van der Waals surface area contributed by atoms with Crippen molar-refractivity contribution in [2.75, 3.05) is 13.9 Å². The second kappa shape index (κ2) is 10.7. The second-order valence-electron chi connectivity index (χ2n) is 8.00. The number of nitrogens with zero attached hydrogens (tertiary/aromatic N) is 1. The number of nitrogens with one attached hydrogen (secondary N) is 1. The Balaban J connectivity index is 1.32. The van der Waals surface area contributed by atoms with Crippen molar-refractivity contribution in [2.24, 2.45) is 4.99 Å². The number of carbonyl (C=O) groups is 1. The summed E-state index contributed by atoms with van der Waals surface area (Å²) < 4.78 is 23.1. The van der Waals surface area contributed by atoms with E-state index in [2.05, 4.69) is 33.2 Å². The Morgan fingerprint density at radius 1 is 1.06 bits per heavy atom. The van der Waals surface area contributed by atoms with Gasteiger partial charge in [-0.05, 0) is 77.3 Å². The minimum Gasteiger partial charge on any atom is -0.493 e. The number of thioether (sulfide) groups is 1. The number of aryl methyl sites for hydroxylation is 1. The Hall–Kier alpha value is -3.43. The van der Waals surface area contributed by atoms with Crippen LogP contribution in [0.3, 0.4) is 0 Å². The van der Waals surface area contributed by atoms with Crippen molar-refractivity contribution >= 4 is 50.5 Å². The maximum absolute atomic E-state index is 12.6. The first-order chi connectivity index (χ1) is 17.5. The molecule has 0 bridgehead atoms. The number of hydrogen-bond acceptors (Lipinski definition) is 7. The summed E-state index contributed by atoms with van der Waals surface area (Å²) in [5.74, 6) is 2.37. The van der Waals surface area contributed by atoms with Crippen LogP contribution in [0.15, 0.2) is 69.0 Å². The average molecular weight is 567 g/mol. The molecule has 0 unspecified atom stereocenters. The lowest BCUT2D eigenvalue weighted by molar-refractivity contribution is -0.115. The smallest absolute Gasteiger partial charge is 0.264 e. The zero-order valence-corrected chi connectivity index (χ0v) is 22.1. The first-order valence-corrected chi connectivity index (χ1v) is 12.9. The minimum absolute atomic E-state index is 0.196. The molecule has 36 heavy (non-hydrogen) atoms. The van der Waals surface area contributed by atoms with Crippen LogP contribution in [0, 0.1) is 0 Å². The van der Waals surface area contributed by atoms with Crippen molar-refractivity contribution in [3.63, 3.8) is 0 Å². The molecule has 2 aliphatic rings. The Morgan fingerprint density at radius 2 is 1.83 bits per heavy atom. The Labute approximate surface area is 221 Å². The van der Waals surface area contributed by atoms with E-state index in [9.17, 15) is 4.79 Å². The molecule has 1 fully saturated rings. The molecule has 184 valence electrons. The molecule has 0 aliphatic carbocycles. The Bertz CT molecular complexity index is 1370. The highest BCUT2D eigenvalue weighted by Gasteiger charge is 2.24. The van der Waals surface area contributed by atoms with Gasteiger partial charge in [0.05, 0.1) is 17.7 Å². The molecule has 3 aromatic rings. The SMILES string of the molecule is CCc1ccc(N=C2NC(=O)/C(=C/c3cc(OC)c(OCc4ccc5c(c4)OCO5)cc3Br)S2)cc1. The molecule has 5 rings (SSSR count). The summed E-state index contributed by atoms with van der Waals surface area (Å²) in [6, 6.07) is 17.3. The maximum Gasteiger partial charge on any atom is 0.264 e. The third kappa shape index (κ3) is 5.37. The van der Waals surface area contributed by atoms with Crippen LogP contribution in [0.1, 0.15) is 23.6 Å². The van der Waals surface area contributed by atoms with E-state index >= 15 is 0 Å². The van der Waals surface area contributed by atoms with Gasteiger partial charge in [0.15, 0.2) is 28.2 Å². The van der Waals surface area contributed by atoms with Gasteiger partial charge in [0.1, 0.15) is 6.61 Å². The first kappa shape index (κ1) is 24.3. The van der Waals surface area contributed by atoms with Crippen molar-refractivity contribution in [2.45, 2.75) is 20.0 Å². The van der Waals surface area contributed by atoms with Crippen molar-refractivity contribution < 1.29 is 23.7 Å². The number of amidine groups is 1. The van der Waals surface area contributed by atoms with Gasteiger partial charge in [-0.2, -0.15) is 0 Å². The molecule has 0 spiro atoms. The molecular formula is C27H23BrN2O5S. The zero-order valence-electron chi connectivity index (χ0n) is 19.7. The zero-order chi connectivity index (χ0) is 25.1. The number of ether oxygens (including phenoxy) is 4. The van der Waals surface area contributed by atoms with E-state index < -0.39 is 0 Å². The summed E-state index contributed by atoms with van der Waals surface area (Å²) in [5.41, 5.74) is 3.76. The molecule has 9 heteroatoms. The third-order valence-electron chi connectivity index (χ3n) is 5.63. The first-order valence-electron chi connectivity index (χ1n) is 11.3. The number of methoxy groups -OCH3 is 1. The average Bonchev–Trinajstić information content (AvgIpc) is 3.50. The number of amides is 1. The van der Waals surface area contributed by atoms with Crippen LogP contribution < -0.4 is 24.3 Å². The lowest BCUT2D eigenvalue weighted by Gasteiger charge is -2.13. The fraction of sp³-hybridized carbons (Fsp3) is 0.185. The van der Waals surface area contributed by atoms with E-state index in [0.717, 1.165) is 33.5 Å². The highest BCUT2D eigenvalue weighted by Crippen LogP contribution is 2.38. The molecule has 1 amide bonds. The summed E-state index contributed by atoms with van der Waals surface area (Å²) in [6.07, 6.45) is 2.77. The number of halogens is 1. The Morgan fingerprint density at radius 3 is 2.61 bits per heavy atom. The molecule has 0 aromatic heterocycles. The molecule has 2 heterocycles. The van der Waals surface area contributed by atoms with Crippen LogP contribution in [-0.4, -0.2) is 25.0 Å². The molecule has 3 aromatic carbocycles. The predicted octanol–water partition coefficient (Wildman–Crippen LogP) is 6.22. The normalized spacial score (nSPS) is 16.5. The molecule has 0 atom stereocenters. The number of rotatable bonds is 7. The monoisotopic (exact) mass is 566 g/mol. The lowest BCUT2D eigenvalue weighted by Crippen LogP contribution is -2.19. The summed E-state index contributed by atoms with van der Waals surface area (Å²) in [4.78, 5) is 17.7. The van der Waals surface area contributed by atoms with Crippen LogP contribution in [-0.2, 0) is 17.8 Å². The molecule has 2 aliphatic heterocycles. The summed E-state index contributed by atoms with van der Waals surface area (Å²) in [5, 5.41) is 3.38. The fourth-order valence-electron chi connectivity index (χ4n) is 3.67. The van der Waals surface area contributed by atoms with Crippen molar-refractivity contribution in [1.29, 1.82) is 0 Å². The fourth-order valence-corrected chi connectivity index (χ4v) is 4.94. The van der Waals surface area contributed by atoms with E-state index in [-0.39, 0.29) is 12.7 Å². The van der Waals surface area contributed by atoms with E-state index in [0.29, 0.717) is 33.9 Å². The van der Waals surface area contributed by atoms with Gasteiger partial charge in [-0.15, -0.1) is 0 Å². The van der Waals surface area contributed by atoms with E-state index in [1.807, 2.05) is 54.6 Å². The van der Waals surface area contributed by atoms with Gasteiger partial charge in [0.25, 0.3) is 5.91 Å². The second-order valence-corrected chi connectivity index (χ2v) is 9.89. The standard InChI is InChI=1S/C27H23BrN2O5S/c1-3-16-4-7-19(8-5-16)29-27-30-26(31)25(36-27)12-18-11-22(32-2)24(13-20(18)28)33-14-17-6-9-21-23(10-17)35-15-34-21/h4-13H,3,14-15H2,1-2H3,(H,29,30,31)/b25-12-. The number of fused-ring (bicyclic) bond motifs is 1. The van der Waals surface area contributed by atoms with Gasteiger partial charge < -0.3 is 24.3 Å². The quantitative estimate of drug-likeness (QED) is 0.342. The molecular weight excluding hydrogens is 544 g/mol. The molecule has 1 N–H and O–H groups in total. The van der Waals surface area contributed by atoms with E-state index in [1.54, 1.807) is 13.2 Å². The third-order valence-corrected chi connectivity index (χ3v) is 7.22. The number of benzene rings is 3. The Kier molecular flexibility index (Phi) is 7.20. The molecule has 0 radical (unpaired) electrons. The van der Waals surface area contributed by atoms with Crippen LogP contribution in [0.25, 0.3) is 6.08 Å². The van der Waals surface area contributed by atoms with Gasteiger partial charge in [0.2, 0.25) is 6.79 Å². The maximum atomic E-state index is 12.6. The van der Waals surface area contributed by atoms with Gasteiger partial charge in [0, 0.05) is 4.47 Å². The highest BCUT2D eigenvalue weighted by molar-refractivity contribution is 9.10. The van der Waals surface area contributed by atoms with Crippen LogP contribution in [0.4, 0.5) is 5.69 Å². The van der Waals surface area contributed by atoms with Crippen molar-refractivity contribution in [3.8, 4) is 23.0 Å². The molecule has 1 saturated heterocycles. The highest BCUT2D eigenvalue weighted by atomic mass is 79.9. The summed E-state index contributed by atoms with van der Waals surface area (Å²) >= 11 is 4.90. The van der Waals surface area contributed by atoms with E-state index in [4.69, 9.17) is 18.9 Å². The van der Waals surface area contributed by atoms with Gasteiger partial charge >= 0.3 is 0 Å². The summed E-state index contributed by atoms with van der Waals surface area (Å²) in [6.45, 7) is 2.67. The minimum atomic E-state index is -0.196. The van der Waals surface area contributed by atoms with Crippen LogP contribution in [0.5, 0.6) is 23.0 Å². The van der Waals surface area contributed by atoms with Crippen molar-refractivity contribution in [3.05, 3.63) is 80.7 Å². The molecule has 7 nitrogen and oxygen atoms in total. The lowest BCUT2D eigenvalue weighted by atomic mass is 10.1. The van der Waals surface area contributed by atoms with Crippen LogP contribution in [0.2, 0.25) is 0 Å². The van der Waals surface area contributed by atoms with Crippen molar-refractivity contribution in [1.82, 2.24) is 5.32 Å². The number of aliphatic imine (C=N–C) groups is 1. The van der Waals surface area contributed by atoms with E-state index in [1.165, 1.54) is 17.3 Å². The summed E-state index contributed by atoms with van der Waals surface area (Å²) in [7, 11) is 1.58. The van der Waals surface area contributed by atoms with Crippen LogP contribution >= 0.6 is 27.7 Å². The topological polar surface area (TPSA) is 78.4 Å². The molecule has 0 saturated carbocycles. The number of hydrogen-bond donors (Lipinski definition) is 1. The largest absolute Gasteiger partial charge is 0.493 e. The predicted molar refractivity (Wildman–Crippen MR) is 144 cm³/mol. The number of carbonyl (C=O) groups excluding carboxylic acids is 1. The van der Waals surface area contributed by atoms with Gasteiger partial charge in [-0.1, -0.05) is 41.1 Å². The van der Waals surface area contributed by atoms with Gasteiger partial charge in [-0.25, -0.2) is 4.99 Å².